The molecule has 0 spiro atoms. The van der Waals surface area contributed by atoms with E-state index in [1.165, 1.54) is 0 Å². The van der Waals surface area contributed by atoms with E-state index in [2.05, 4.69) is 48.0 Å². The molecule has 6 nitrogen and oxygen atoms in total. The van der Waals surface area contributed by atoms with Crippen molar-refractivity contribution in [3.63, 3.8) is 0 Å². The van der Waals surface area contributed by atoms with E-state index in [1.54, 1.807) is 22.3 Å². The number of hydrogen-bond acceptors (Lipinski definition) is 5. The zero-order chi connectivity index (χ0) is 25.4. The molecule has 1 aliphatic heterocycles. The quantitative estimate of drug-likeness (QED) is 0.466. The van der Waals surface area contributed by atoms with Gasteiger partial charge in [-0.05, 0) is 59.7 Å². The molecule has 0 unspecified atom stereocenters. The molecule has 0 aliphatic carbocycles. The summed E-state index contributed by atoms with van der Waals surface area (Å²) in [6.45, 7) is 7.45. The number of nitrogens with one attached hydrogen (secondary N) is 1. The fourth-order valence-electron chi connectivity index (χ4n) is 4.19. The molecule has 2 aromatic heterocycles. The molecule has 4 rings (SSSR count). The Labute approximate surface area is 216 Å². The van der Waals surface area contributed by atoms with E-state index in [4.69, 9.17) is 11.6 Å². The standard InChI is InChI=1S/C26H30ClN3O3S2/c1-26(2,3)24-15-17(7-10-28-24)23-14-19(16-34-23)21-6-5-18(13-22(21)27)25(31)30-11-8-20(9-12-30)29-35(4,32)33/h5-7,10,13-16,20,29H,8-9,11-12H2,1-4H3. The lowest BCUT2D eigenvalue weighted by Crippen LogP contribution is -2.46. The van der Waals surface area contributed by atoms with Gasteiger partial charge >= 0.3 is 0 Å². The molecule has 9 heteroatoms. The molecule has 1 aromatic carbocycles. The van der Waals surface area contributed by atoms with Crippen molar-refractivity contribution in [3.05, 3.63) is 64.3 Å². The van der Waals surface area contributed by atoms with Gasteiger partial charge < -0.3 is 4.90 Å². The van der Waals surface area contributed by atoms with Crippen LogP contribution in [0.4, 0.5) is 0 Å². The number of aromatic nitrogens is 1. The van der Waals surface area contributed by atoms with E-state index < -0.39 is 10.0 Å². The van der Waals surface area contributed by atoms with Gasteiger partial charge in [-0.25, -0.2) is 13.1 Å². The first-order chi connectivity index (χ1) is 16.4. The molecular formula is C26H30ClN3O3S2. The number of hydrogen-bond donors (Lipinski definition) is 1. The summed E-state index contributed by atoms with van der Waals surface area (Å²) >= 11 is 8.28. The van der Waals surface area contributed by atoms with Gasteiger partial charge in [-0.15, -0.1) is 11.3 Å². The van der Waals surface area contributed by atoms with Crippen LogP contribution in [0.2, 0.25) is 5.02 Å². The summed E-state index contributed by atoms with van der Waals surface area (Å²) in [6.07, 6.45) is 4.19. The van der Waals surface area contributed by atoms with Crippen LogP contribution in [0.25, 0.3) is 21.6 Å². The smallest absolute Gasteiger partial charge is 0.253 e. The molecule has 1 fully saturated rings. The number of pyridine rings is 1. The number of sulfonamides is 1. The number of likely N-dealkylation sites (tertiary alicyclic amines) is 1. The Balaban J connectivity index is 1.48. The van der Waals surface area contributed by atoms with Gasteiger partial charge in [-0.3, -0.25) is 9.78 Å². The normalized spacial score (nSPS) is 15.4. The highest BCUT2D eigenvalue weighted by Gasteiger charge is 2.26. The number of benzene rings is 1. The minimum absolute atomic E-state index is 0.0265. The van der Waals surface area contributed by atoms with Crippen LogP contribution in [0, 0.1) is 0 Å². The Morgan fingerprint density at radius 2 is 1.83 bits per heavy atom. The van der Waals surface area contributed by atoms with Crippen LogP contribution < -0.4 is 4.72 Å². The zero-order valence-corrected chi connectivity index (χ0v) is 22.7. The highest BCUT2D eigenvalue weighted by Crippen LogP contribution is 2.37. The number of nitrogens with zero attached hydrogens (tertiary/aromatic N) is 2. The highest BCUT2D eigenvalue weighted by atomic mass is 35.5. The van der Waals surface area contributed by atoms with Gasteiger partial charge in [0.2, 0.25) is 10.0 Å². The van der Waals surface area contributed by atoms with E-state index in [0.717, 1.165) is 33.5 Å². The average molecular weight is 532 g/mol. The zero-order valence-electron chi connectivity index (χ0n) is 20.3. The first-order valence-corrected chi connectivity index (χ1v) is 14.7. The highest BCUT2D eigenvalue weighted by molar-refractivity contribution is 7.88. The molecule has 0 radical (unpaired) electrons. The fourth-order valence-corrected chi connectivity index (χ4v) is 6.23. The third-order valence-electron chi connectivity index (χ3n) is 6.10. The van der Waals surface area contributed by atoms with Crippen molar-refractivity contribution >= 4 is 38.9 Å². The van der Waals surface area contributed by atoms with Gasteiger partial charge in [-0.2, -0.15) is 0 Å². The summed E-state index contributed by atoms with van der Waals surface area (Å²) in [6, 6.07) is 11.6. The summed E-state index contributed by atoms with van der Waals surface area (Å²) < 4.78 is 25.5. The van der Waals surface area contributed by atoms with Crippen LogP contribution in [-0.2, 0) is 15.4 Å². The maximum Gasteiger partial charge on any atom is 0.253 e. The number of thiophene rings is 1. The van der Waals surface area contributed by atoms with Crippen molar-refractivity contribution in [2.45, 2.75) is 45.1 Å². The Hall–Kier alpha value is -2.26. The van der Waals surface area contributed by atoms with Crippen LogP contribution in [0.15, 0.2) is 48.0 Å². The molecule has 186 valence electrons. The molecule has 1 N–H and O–H groups in total. The lowest BCUT2D eigenvalue weighted by Gasteiger charge is -2.32. The van der Waals surface area contributed by atoms with Gasteiger partial charge in [0.15, 0.2) is 0 Å². The summed E-state index contributed by atoms with van der Waals surface area (Å²) in [4.78, 5) is 20.4. The van der Waals surface area contributed by atoms with Crippen molar-refractivity contribution < 1.29 is 13.2 Å². The number of amides is 1. The molecule has 1 saturated heterocycles. The second-order valence-electron chi connectivity index (χ2n) is 10.0. The maximum absolute atomic E-state index is 13.0. The number of rotatable bonds is 5. The Morgan fingerprint density at radius 1 is 1.11 bits per heavy atom. The van der Waals surface area contributed by atoms with Gasteiger partial charge in [0.1, 0.15) is 0 Å². The van der Waals surface area contributed by atoms with Crippen LogP contribution in [0.3, 0.4) is 0 Å². The maximum atomic E-state index is 13.0. The average Bonchev–Trinajstić information content (AvgIpc) is 3.27. The van der Waals surface area contributed by atoms with Crippen molar-refractivity contribution in [2.75, 3.05) is 19.3 Å². The molecule has 0 bridgehead atoms. The van der Waals surface area contributed by atoms with Gasteiger partial charge in [0.25, 0.3) is 5.91 Å². The monoisotopic (exact) mass is 531 g/mol. The van der Waals surface area contributed by atoms with E-state index in [-0.39, 0.29) is 17.4 Å². The van der Waals surface area contributed by atoms with Gasteiger partial charge in [-0.1, -0.05) is 38.4 Å². The van der Waals surface area contributed by atoms with Crippen LogP contribution >= 0.6 is 22.9 Å². The van der Waals surface area contributed by atoms with Gasteiger partial charge in [0, 0.05) is 57.5 Å². The van der Waals surface area contributed by atoms with E-state index in [1.807, 2.05) is 24.4 Å². The van der Waals surface area contributed by atoms with E-state index in [9.17, 15) is 13.2 Å². The van der Waals surface area contributed by atoms with Crippen LogP contribution in [0.1, 0.15) is 49.7 Å². The Kier molecular flexibility index (Phi) is 7.38. The topological polar surface area (TPSA) is 79.4 Å². The number of halogens is 1. The molecule has 1 amide bonds. The lowest BCUT2D eigenvalue weighted by molar-refractivity contribution is 0.0711. The second kappa shape index (κ2) is 10.0. The van der Waals surface area contributed by atoms with E-state index >= 15 is 0 Å². The number of carbonyl (C=O) groups is 1. The minimum Gasteiger partial charge on any atom is -0.339 e. The summed E-state index contributed by atoms with van der Waals surface area (Å²) in [5.74, 6) is -0.0891. The molecule has 35 heavy (non-hydrogen) atoms. The molecule has 3 aromatic rings. The summed E-state index contributed by atoms with van der Waals surface area (Å²) in [5.41, 5.74) is 4.57. The van der Waals surface area contributed by atoms with Crippen molar-refractivity contribution in [2.24, 2.45) is 0 Å². The third-order valence-corrected chi connectivity index (χ3v) is 8.16. The SMILES string of the molecule is CC(C)(C)c1cc(-c2cc(-c3ccc(C(=O)N4CCC(NS(C)(=O)=O)CC4)cc3Cl)cs2)ccn1. The van der Waals surface area contributed by atoms with Crippen LogP contribution in [-0.4, -0.2) is 49.6 Å². The van der Waals surface area contributed by atoms with Crippen LogP contribution in [0.5, 0.6) is 0 Å². The third kappa shape index (κ3) is 6.30. The molecule has 1 aliphatic rings. The predicted octanol–water partition coefficient (Wildman–Crippen LogP) is 5.58. The fraction of sp³-hybridized carbons (Fsp3) is 0.385. The Bertz CT molecular complexity index is 1340. The largest absolute Gasteiger partial charge is 0.339 e. The minimum atomic E-state index is -3.25. The van der Waals surface area contributed by atoms with Crippen molar-refractivity contribution in [1.82, 2.24) is 14.6 Å². The Morgan fingerprint density at radius 3 is 2.46 bits per heavy atom. The first-order valence-electron chi connectivity index (χ1n) is 11.5. The lowest BCUT2D eigenvalue weighted by atomic mass is 9.90. The van der Waals surface area contributed by atoms with Gasteiger partial charge in [0.05, 0.1) is 6.26 Å². The summed E-state index contributed by atoms with van der Waals surface area (Å²) in [7, 11) is -3.25. The molecule has 3 heterocycles. The molecule has 0 atom stereocenters. The second-order valence-corrected chi connectivity index (χ2v) is 13.1. The first kappa shape index (κ1) is 25.8. The molecular weight excluding hydrogens is 502 g/mol. The number of piperidine rings is 1. The van der Waals surface area contributed by atoms with Crippen molar-refractivity contribution in [1.29, 1.82) is 0 Å². The predicted molar refractivity (Wildman–Crippen MR) is 144 cm³/mol. The van der Waals surface area contributed by atoms with E-state index in [0.29, 0.717) is 36.5 Å². The summed E-state index contributed by atoms with van der Waals surface area (Å²) in [5, 5.41) is 2.60. The van der Waals surface area contributed by atoms with Crippen molar-refractivity contribution in [3.8, 4) is 21.6 Å². The number of carbonyl (C=O) groups excluding carboxylic acids is 1. The molecule has 0 saturated carbocycles.